The fourth-order valence-corrected chi connectivity index (χ4v) is 2.05. The monoisotopic (exact) mass is 246 g/mol. The molecule has 0 bridgehead atoms. The van der Waals surface area contributed by atoms with Gasteiger partial charge in [0.05, 0.1) is 6.54 Å². The van der Waals surface area contributed by atoms with Crippen molar-refractivity contribution in [3.8, 4) is 0 Å². The highest BCUT2D eigenvalue weighted by Gasteiger charge is 2.40. The number of hydrogen-bond acceptors (Lipinski definition) is 2. The van der Waals surface area contributed by atoms with Crippen LogP contribution in [0.5, 0.6) is 0 Å². The minimum absolute atomic E-state index is 0.0434. The molecule has 0 amide bonds. The van der Waals surface area contributed by atoms with Gasteiger partial charge in [-0.05, 0) is 18.6 Å². The molecule has 0 spiro atoms. The Labute approximate surface area is 98.2 Å². The molecule has 88 valence electrons. The zero-order valence-electron chi connectivity index (χ0n) is 8.96. The summed E-state index contributed by atoms with van der Waals surface area (Å²) in [5.74, 6) is -2.55. The molecule has 1 aliphatic heterocycles. The van der Waals surface area contributed by atoms with E-state index in [1.807, 2.05) is 13.0 Å². The highest BCUT2D eigenvalue weighted by molar-refractivity contribution is 6.29. The third-order valence-electron chi connectivity index (χ3n) is 2.98. The van der Waals surface area contributed by atoms with E-state index in [1.165, 1.54) is 0 Å². The molecular formula is C11H13ClF2N2. The second-order valence-corrected chi connectivity index (χ2v) is 4.55. The van der Waals surface area contributed by atoms with Crippen LogP contribution in [0.15, 0.2) is 18.3 Å². The van der Waals surface area contributed by atoms with E-state index in [0.717, 1.165) is 5.56 Å². The molecular weight excluding hydrogens is 234 g/mol. The summed E-state index contributed by atoms with van der Waals surface area (Å²) in [6.07, 6.45) is 1.59. The molecule has 1 unspecified atom stereocenters. The Morgan fingerprint density at radius 1 is 1.50 bits per heavy atom. The molecule has 0 N–H and O–H groups in total. The molecule has 1 aromatic rings. The fraction of sp³-hybridized carbons (Fsp3) is 0.545. The maximum absolute atomic E-state index is 13.1. The van der Waals surface area contributed by atoms with Crippen LogP contribution >= 0.6 is 11.6 Å². The van der Waals surface area contributed by atoms with E-state index < -0.39 is 5.92 Å². The number of halogens is 3. The smallest absolute Gasteiger partial charge is 0.261 e. The van der Waals surface area contributed by atoms with Gasteiger partial charge in [-0.2, -0.15) is 0 Å². The summed E-state index contributed by atoms with van der Waals surface area (Å²) in [6.45, 7) is 2.17. The van der Waals surface area contributed by atoms with Gasteiger partial charge in [-0.15, -0.1) is 0 Å². The highest BCUT2D eigenvalue weighted by Crippen LogP contribution is 2.32. The number of rotatable bonds is 2. The SMILES string of the molecule is CC(c1ccc(Cl)nc1)N1CCC(F)(F)C1. The number of likely N-dealkylation sites (tertiary alicyclic amines) is 1. The van der Waals surface area contributed by atoms with Gasteiger partial charge in [0.1, 0.15) is 5.15 Å². The van der Waals surface area contributed by atoms with Gasteiger partial charge in [-0.25, -0.2) is 13.8 Å². The van der Waals surface area contributed by atoms with Gasteiger partial charge in [-0.1, -0.05) is 17.7 Å². The number of aromatic nitrogens is 1. The molecule has 2 nitrogen and oxygen atoms in total. The van der Waals surface area contributed by atoms with Crippen molar-refractivity contribution >= 4 is 11.6 Å². The van der Waals surface area contributed by atoms with Gasteiger partial charge in [0, 0.05) is 25.2 Å². The zero-order chi connectivity index (χ0) is 11.8. The first kappa shape index (κ1) is 11.7. The lowest BCUT2D eigenvalue weighted by molar-refractivity contribution is 0.00832. The van der Waals surface area contributed by atoms with Gasteiger partial charge in [0.2, 0.25) is 0 Å². The molecule has 1 atom stereocenters. The van der Waals surface area contributed by atoms with E-state index in [0.29, 0.717) is 11.7 Å². The lowest BCUT2D eigenvalue weighted by atomic mass is 10.1. The van der Waals surface area contributed by atoms with Crippen molar-refractivity contribution in [2.24, 2.45) is 0 Å². The second-order valence-electron chi connectivity index (χ2n) is 4.17. The highest BCUT2D eigenvalue weighted by atomic mass is 35.5. The predicted octanol–water partition coefficient (Wildman–Crippen LogP) is 3.14. The molecule has 1 saturated heterocycles. The first-order chi connectivity index (χ1) is 7.48. The largest absolute Gasteiger partial charge is 0.290 e. The van der Waals surface area contributed by atoms with Crippen LogP contribution in [-0.2, 0) is 0 Å². The van der Waals surface area contributed by atoms with E-state index in [4.69, 9.17) is 11.6 Å². The molecule has 16 heavy (non-hydrogen) atoms. The first-order valence-corrected chi connectivity index (χ1v) is 5.59. The summed E-state index contributed by atoms with van der Waals surface area (Å²) >= 11 is 5.68. The van der Waals surface area contributed by atoms with Gasteiger partial charge in [-0.3, -0.25) is 4.90 Å². The molecule has 0 aromatic carbocycles. The van der Waals surface area contributed by atoms with Crippen LogP contribution in [0, 0.1) is 0 Å². The molecule has 1 aromatic heterocycles. The van der Waals surface area contributed by atoms with Gasteiger partial charge < -0.3 is 0 Å². The molecule has 0 saturated carbocycles. The maximum Gasteiger partial charge on any atom is 0.261 e. The van der Waals surface area contributed by atoms with Crippen LogP contribution < -0.4 is 0 Å². The minimum atomic E-state index is -2.55. The van der Waals surface area contributed by atoms with E-state index in [-0.39, 0.29) is 19.0 Å². The lowest BCUT2D eigenvalue weighted by Crippen LogP contribution is -2.28. The Balaban J connectivity index is 2.08. The number of alkyl halides is 2. The summed E-state index contributed by atoms with van der Waals surface area (Å²) < 4.78 is 26.1. The standard InChI is InChI=1S/C11H13ClF2N2/c1-8(9-2-3-10(12)15-6-9)16-5-4-11(13,14)7-16/h2-3,6,8H,4-5,7H2,1H3. The number of nitrogens with zero attached hydrogens (tertiary/aromatic N) is 2. The van der Waals surface area contributed by atoms with Crippen LogP contribution in [0.4, 0.5) is 8.78 Å². The molecule has 2 heterocycles. The van der Waals surface area contributed by atoms with Gasteiger partial charge in [0.15, 0.2) is 0 Å². The molecule has 1 fully saturated rings. The van der Waals surface area contributed by atoms with Crippen molar-refractivity contribution in [2.45, 2.75) is 25.3 Å². The van der Waals surface area contributed by atoms with Crippen LogP contribution in [0.1, 0.15) is 24.9 Å². The third kappa shape index (κ3) is 2.50. The van der Waals surface area contributed by atoms with Gasteiger partial charge in [0.25, 0.3) is 5.92 Å². The Hall–Kier alpha value is -0.740. The van der Waals surface area contributed by atoms with E-state index >= 15 is 0 Å². The normalized spacial score (nSPS) is 22.2. The Morgan fingerprint density at radius 3 is 2.75 bits per heavy atom. The average Bonchev–Trinajstić information content (AvgIpc) is 2.59. The summed E-state index contributed by atoms with van der Waals surface area (Å²) in [7, 11) is 0. The van der Waals surface area contributed by atoms with Crippen LogP contribution in [0.3, 0.4) is 0 Å². The lowest BCUT2D eigenvalue weighted by Gasteiger charge is -2.23. The van der Waals surface area contributed by atoms with Crippen molar-refractivity contribution in [2.75, 3.05) is 13.1 Å². The molecule has 1 aliphatic rings. The van der Waals surface area contributed by atoms with Crippen LogP contribution in [0.2, 0.25) is 5.15 Å². The summed E-state index contributed by atoms with van der Waals surface area (Å²) in [5, 5.41) is 0.419. The van der Waals surface area contributed by atoms with Gasteiger partial charge >= 0.3 is 0 Å². The Morgan fingerprint density at radius 2 is 2.25 bits per heavy atom. The molecule has 5 heteroatoms. The molecule has 0 aliphatic carbocycles. The quantitative estimate of drug-likeness (QED) is 0.746. The van der Waals surface area contributed by atoms with Crippen molar-refractivity contribution in [3.05, 3.63) is 29.0 Å². The topological polar surface area (TPSA) is 16.1 Å². The average molecular weight is 247 g/mol. The minimum Gasteiger partial charge on any atom is -0.290 e. The summed E-state index contributed by atoms with van der Waals surface area (Å²) in [4.78, 5) is 5.73. The third-order valence-corrected chi connectivity index (χ3v) is 3.20. The maximum atomic E-state index is 13.1. The van der Waals surface area contributed by atoms with Crippen molar-refractivity contribution < 1.29 is 8.78 Å². The van der Waals surface area contributed by atoms with E-state index in [9.17, 15) is 8.78 Å². The van der Waals surface area contributed by atoms with Crippen molar-refractivity contribution in [1.82, 2.24) is 9.88 Å². The first-order valence-electron chi connectivity index (χ1n) is 5.21. The second kappa shape index (κ2) is 4.26. The van der Waals surface area contributed by atoms with Crippen molar-refractivity contribution in [1.29, 1.82) is 0 Å². The fourth-order valence-electron chi connectivity index (χ4n) is 1.94. The van der Waals surface area contributed by atoms with Crippen molar-refractivity contribution in [3.63, 3.8) is 0 Å². The van der Waals surface area contributed by atoms with Crippen LogP contribution in [0.25, 0.3) is 0 Å². The van der Waals surface area contributed by atoms with E-state index in [1.54, 1.807) is 17.2 Å². The molecule has 0 radical (unpaired) electrons. The number of hydrogen-bond donors (Lipinski definition) is 0. The van der Waals surface area contributed by atoms with Crippen LogP contribution in [-0.4, -0.2) is 28.9 Å². The van der Waals surface area contributed by atoms with E-state index in [2.05, 4.69) is 4.98 Å². The zero-order valence-corrected chi connectivity index (χ0v) is 9.71. The number of pyridine rings is 1. The molecule has 2 rings (SSSR count). The summed E-state index contributed by atoms with van der Waals surface area (Å²) in [5.41, 5.74) is 0.919. The Kier molecular flexibility index (Phi) is 3.13. The Bertz CT molecular complexity index is 367. The predicted molar refractivity (Wildman–Crippen MR) is 58.8 cm³/mol. The summed E-state index contributed by atoms with van der Waals surface area (Å²) in [6, 6.07) is 3.47.